The molecule has 9 nitrogen and oxygen atoms in total. The number of ether oxygens (including phenoxy) is 5. The van der Waals surface area contributed by atoms with Crippen LogP contribution in [0.4, 0.5) is 0 Å². The van der Waals surface area contributed by atoms with E-state index in [4.69, 9.17) is 23.7 Å². The molecule has 31 heavy (non-hydrogen) atoms. The Balaban J connectivity index is 3.20. The van der Waals surface area contributed by atoms with Gasteiger partial charge in [0.25, 0.3) is 0 Å². The number of esters is 4. The first kappa shape index (κ1) is 26.9. The van der Waals surface area contributed by atoms with E-state index >= 15 is 0 Å². The Hall–Kier alpha value is -2.16. The molecule has 4 atom stereocenters. The highest BCUT2D eigenvalue weighted by Gasteiger charge is 2.48. The molecular weight excluding hydrogens is 408 g/mol. The highest BCUT2D eigenvalue weighted by Crippen LogP contribution is 2.29. The van der Waals surface area contributed by atoms with E-state index in [0.29, 0.717) is 0 Å². The van der Waals surface area contributed by atoms with Gasteiger partial charge in [0.1, 0.15) is 19.3 Å². The van der Waals surface area contributed by atoms with Crippen molar-refractivity contribution in [3.8, 4) is 0 Å². The molecule has 0 bridgehead atoms. The van der Waals surface area contributed by atoms with Gasteiger partial charge >= 0.3 is 23.9 Å². The lowest BCUT2D eigenvalue weighted by atomic mass is 9.98. The number of carbonyl (C=O) groups excluding carboxylic acids is 4. The monoisotopic (exact) mass is 443 g/mol. The maximum Gasteiger partial charge on any atom is 0.308 e. The molecule has 177 valence electrons. The van der Waals surface area contributed by atoms with Gasteiger partial charge in [-0.1, -0.05) is 55.4 Å². The zero-order chi connectivity index (χ0) is 23.9. The summed E-state index contributed by atoms with van der Waals surface area (Å²) >= 11 is 0. The van der Waals surface area contributed by atoms with Gasteiger partial charge in [0.15, 0.2) is 18.3 Å². The molecule has 1 radical (unpaired) electrons. The van der Waals surface area contributed by atoms with Gasteiger partial charge in [0.2, 0.25) is 0 Å². The molecule has 9 heteroatoms. The van der Waals surface area contributed by atoms with Crippen molar-refractivity contribution in [3.63, 3.8) is 0 Å². The third-order valence-corrected chi connectivity index (χ3v) is 4.43. The second-order valence-electron chi connectivity index (χ2n) is 8.76. The highest BCUT2D eigenvalue weighted by atomic mass is 16.7. The van der Waals surface area contributed by atoms with Gasteiger partial charge in [-0.25, -0.2) is 0 Å². The second-order valence-corrected chi connectivity index (χ2v) is 8.76. The lowest BCUT2D eigenvalue weighted by Crippen LogP contribution is -2.58. The average Bonchev–Trinajstić information content (AvgIpc) is 2.68. The Morgan fingerprint density at radius 1 is 0.677 bits per heavy atom. The maximum absolute atomic E-state index is 12.4. The van der Waals surface area contributed by atoms with Crippen LogP contribution in [0.1, 0.15) is 55.4 Å². The smallest absolute Gasteiger partial charge is 0.308 e. The van der Waals surface area contributed by atoms with Crippen LogP contribution < -0.4 is 0 Å². The fourth-order valence-electron chi connectivity index (χ4n) is 2.38. The lowest BCUT2D eigenvalue weighted by Gasteiger charge is -2.40. The topological polar surface area (TPSA) is 114 Å². The highest BCUT2D eigenvalue weighted by molar-refractivity contribution is 5.74. The Kier molecular flexibility index (Phi) is 10.4. The molecule has 1 saturated heterocycles. The third-order valence-electron chi connectivity index (χ3n) is 4.43. The summed E-state index contributed by atoms with van der Waals surface area (Å²) in [5, 5.41) is 0. The quantitative estimate of drug-likeness (QED) is 0.391. The molecule has 0 aromatic rings. The largest absolute Gasteiger partial charge is 0.463 e. The minimum absolute atomic E-state index is 0.232. The van der Waals surface area contributed by atoms with Crippen LogP contribution in [-0.4, -0.2) is 54.9 Å². The van der Waals surface area contributed by atoms with Crippen molar-refractivity contribution in [1.29, 1.82) is 0 Å². The summed E-state index contributed by atoms with van der Waals surface area (Å²) in [7, 11) is 0. The van der Waals surface area contributed by atoms with E-state index in [9.17, 15) is 19.2 Å². The van der Waals surface area contributed by atoms with Gasteiger partial charge in [-0.2, -0.15) is 0 Å². The molecular formula is C22H35O9. The minimum atomic E-state index is -1.16. The first-order valence-electron chi connectivity index (χ1n) is 10.6. The van der Waals surface area contributed by atoms with Crippen molar-refractivity contribution in [2.24, 2.45) is 23.7 Å². The molecule has 1 fully saturated rings. The summed E-state index contributed by atoms with van der Waals surface area (Å²) in [5.41, 5.74) is 0. The zero-order valence-electron chi connectivity index (χ0n) is 19.6. The van der Waals surface area contributed by atoms with E-state index in [2.05, 4.69) is 0 Å². The summed E-state index contributed by atoms with van der Waals surface area (Å²) in [6.45, 7) is 14.3. The summed E-state index contributed by atoms with van der Waals surface area (Å²) in [6.07, 6.45) is -4.34. The Labute approximate surface area is 184 Å². The second kappa shape index (κ2) is 12.0. The van der Waals surface area contributed by atoms with Gasteiger partial charge in [0.05, 0.1) is 23.7 Å². The fourth-order valence-corrected chi connectivity index (χ4v) is 2.38. The maximum atomic E-state index is 12.4. The molecule has 1 aliphatic rings. The molecule has 0 saturated carbocycles. The molecule has 1 aliphatic heterocycles. The summed E-state index contributed by atoms with van der Waals surface area (Å²) < 4.78 is 27.5. The van der Waals surface area contributed by atoms with Gasteiger partial charge in [-0.05, 0) is 0 Å². The Morgan fingerprint density at radius 2 is 1.10 bits per heavy atom. The van der Waals surface area contributed by atoms with Gasteiger partial charge in [-0.15, -0.1) is 0 Å². The first-order chi connectivity index (χ1) is 14.3. The standard InChI is InChI=1S/C22H35O9/c1-11(2)19(23)28-9-15-17(30-21(25)13(5)6)18(31-22(26)14(7)8)16(10-27-15)29-20(24)12(3)4/h10-18H,9H2,1-8H3/t15-,16+,17+,18-/m1/s1. The molecule has 0 aromatic carbocycles. The number of hydrogen-bond donors (Lipinski definition) is 0. The van der Waals surface area contributed by atoms with Crippen LogP contribution in [0, 0.1) is 30.3 Å². The molecule has 0 N–H and O–H groups in total. The molecule has 0 amide bonds. The molecule has 0 spiro atoms. The molecule has 1 rings (SSSR count). The molecule has 0 unspecified atom stereocenters. The zero-order valence-corrected chi connectivity index (χ0v) is 19.6. The van der Waals surface area contributed by atoms with Crippen molar-refractivity contribution in [2.75, 3.05) is 6.61 Å². The minimum Gasteiger partial charge on any atom is -0.463 e. The van der Waals surface area contributed by atoms with E-state index in [0.717, 1.165) is 0 Å². The van der Waals surface area contributed by atoms with Crippen molar-refractivity contribution in [1.82, 2.24) is 0 Å². The number of carbonyl (C=O) groups is 4. The predicted molar refractivity (Wildman–Crippen MR) is 109 cm³/mol. The predicted octanol–water partition coefficient (Wildman–Crippen LogP) is 2.45. The van der Waals surface area contributed by atoms with E-state index in [-0.39, 0.29) is 12.5 Å². The first-order valence-corrected chi connectivity index (χ1v) is 10.6. The van der Waals surface area contributed by atoms with E-state index in [1.165, 1.54) is 6.61 Å². The van der Waals surface area contributed by atoms with Crippen molar-refractivity contribution < 1.29 is 42.9 Å². The van der Waals surface area contributed by atoms with Crippen LogP contribution in [0.25, 0.3) is 0 Å². The Bertz CT molecular complexity index is 639. The third kappa shape index (κ3) is 8.12. The van der Waals surface area contributed by atoms with Gasteiger partial charge < -0.3 is 23.7 Å². The van der Waals surface area contributed by atoms with E-state index < -0.39 is 66.0 Å². The van der Waals surface area contributed by atoms with Crippen LogP contribution in [0.2, 0.25) is 0 Å². The van der Waals surface area contributed by atoms with Crippen LogP contribution >= 0.6 is 0 Å². The van der Waals surface area contributed by atoms with Crippen molar-refractivity contribution in [2.45, 2.75) is 79.8 Å². The van der Waals surface area contributed by atoms with E-state index in [1.807, 2.05) is 0 Å². The molecule has 1 heterocycles. The summed E-state index contributed by atoms with van der Waals surface area (Å²) in [4.78, 5) is 48.8. The number of rotatable bonds is 9. The average molecular weight is 444 g/mol. The lowest BCUT2D eigenvalue weighted by molar-refractivity contribution is -0.223. The van der Waals surface area contributed by atoms with Crippen LogP contribution in [0.5, 0.6) is 0 Å². The summed E-state index contributed by atoms with van der Waals surface area (Å²) in [6, 6.07) is 0. The van der Waals surface area contributed by atoms with Crippen molar-refractivity contribution >= 4 is 23.9 Å². The van der Waals surface area contributed by atoms with Crippen LogP contribution in [-0.2, 0) is 42.9 Å². The SMILES string of the molecule is CC(C)C(=O)OC[C@H]1O[CH][C@H](OC(=O)C(C)C)[C@@H](OC(=O)C(C)C)[C@H]1OC(=O)C(C)C. The molecule has 0 aliphatic carbocycles. The van der Waals surface area contributed by atoms with Crippen molar-refractivity contribution in [3.05, 3.63) is 6.61 Å². The van der Waals surface area contributed by atoms with E-state index in [1.54, 1.807) is 55.4 Å². The van der Waals surface area contributed by atoms with Crippen LogP contribution in [0.3, 0.4) is 0 Å². The number of hydrogen-bond acceptors (Lipinski definition) is 9. The van der Waals surface area contributed by atoms with Crippen LogP contribution in [0.15, 0.2) is 0 Å². The normalized spacial score (nSPS) is 23.7. The van der Waals surface area contributed by atoms with Gasteiger partial charge in [-0.3, -0.25) is 19.2 Å². The fraction of sp³-hybridized carbons (Fsp3) is 0.773. The molecule has 0 aromatic heterocycles. The van der Waals surface area contributed by atoms with Gasteiger partial charge in [0, 0.05) is 0 Å². The Morgan fingerprint density at radius 3 is 1.55 bits per heavy atom. The summed E-state index contributed by atoms with van der Waals surface area (Å²) in [5.74, 6) is -3.85.